The lowest BCUT2D eigenvalue weighted by molar-refractivity contribution is -0.172. The Labute approximate surface area is 439 Å². The Kier molecular flexibility index (Phi) is 17.9. The molecule has 4 atom stereocenters. The van der Waals surface area contributed by atoms with E-state index in [-0.39, 0.29) is 56.5 Å². The third-order valence-electron chi connectivity index (χ3n) is 13.2. The molecule has 3 aliphatic rings. The fraction of sp³-hybridized carbons (Fsp3) is 0.429. The van der Waals surface area contributed by atoms with Crippen LogP contribution >= 0.6 is 11.6 Å². The molecule has 2 unspecified atom stereocenters. The van der Waals surface area contributed by atoms with E-state index in [1.807, 2.05) is 6.92 Å². The Morgan fingerprint density at radius 1 is 0.921 bits per heavy atom. The molecule has 0 saturated carbocycles. The lowest BCUT2D eigenvalue weighted by atomic mass is 9.81. The van der Waals surface area contributed by atoms with Crippen LogP contribution in [0.15, 0.2) is 47.3 Å². The van der Waals surface area contributed by atoms with Gasteiger partial charge >= 0.3 is 5.97 Å². The van der Waals surface area contributed by atoms with E-state index >= 15 is 0 Å². The summed E-state index contributed by atoms with van der Waals surface area (Å²) in [4.78, 5) is 121. The molecule has 27 heteroatoms. The van der Waals surface area contributed by atoms with E-state index in [9.17, 15) is 56.7 Å². The van der Waals surface area contributed by atoms with Crippen LogP contribution in [0.2, 0.25) is 5.02 Å². The molecular weight excluding hydrogens is 1040 g/mol. The van der Waals surface area contributed by atoms with Gasteiger partial charge in [-0.05, 0) is 67.0 Å². The lowest BCUT2D eigenvalue weighted by Crippen LogP contribution is -2.52. The summed E-state index contributed by atoms with van der Waals surface area (Å²) < 4.78 is 42.6. The van der Waals surface area contributed by atoms with Gasteiger partial charge in [-0.3, -0.25) is 42.9 Å². The molecule has 2 aliphatic heterocycles. The van der Waals surface area contributed by atoms with Gasteiger partial charge in [-0.2, -0.15) is 8.42 Å². The Hall–Kier alpha value is -7.36. The number of aryl methyl sites for hydroxylation is 1. The lowest BCUT2D eigenvalue weighted by Gasteiger charge is -2.31. The van der Waals surface area contributed by atoms with Gasteiger partial charge in [0.05, 0.1) is 66.5 Å². The molecule has 1 aliphatic carbocycles. The molecule has 11 N–H and O–H groups in total. The zero-order valence-electron chi connectivity index (χ0n) is 41.3. The van der Waals surface area contributed by atoms with Gasteiger partial charge in [0.25, 0.3) is 15.7 Å². The SMILES string of the molecule is CC[C@@]1(O)C(=O)OCc2c1cc1n(c2=O)Cc2c-1nc1cc(Cl)c(C)c3c1c2[C@@H](NC(=O)COCNC(=O)CNC(=O)C(Cc1ccccc1)NC(=O)CNC(=O)CNC(=O)C(N)CCC(=O)NCCS(=O)(=O)O)CC3. The van der Waals surface area contributed by atoms with Crippen molar-refractivity contribution in [3.05, 3.63) is 96.8 Å². The summed E-state index contributed by atoms with van der Waals surface area (Å²) in [5.74, 6) is -6.46. The highest BCUT2D eigenvalue weighted by Gasteiger charge is 2.46. The smallest absolute Gasteiger partial charge is 0.343 e. The van der Waals surface area contributed by atoms with Gasteiger partial charge in [-0.15, -0.1) is 0 Å². The number of halogens is 1. The summed E-state index contributed by atoms with van der Waals surface area (Å²) in [6, 6.07) is 8.99. The fourth-order valence-electron chi connectivity index (χ4n) is 9.23. The normalized spacial score (nSPS) is 16.9. The van der Waals surface area contributed by atoms with Gasteiger partial charge in [-0.1, -0.05) is 48.9 Å². The zero-order valence-corrected chi connectivity index (χ0v) is 42.9. The van der Waals surface area contributed by atoms with Crippen LogP contribution in [0.5, 0.6) is 0 Å². The van der Waals surface area contributed by atoms with Crippen LogP contribution in [0.3, 0.4) is 0 Å². The van der Waals surface area contributed by atoms with E-state index in [4.69, 9.17) is 36.3 Å². The molecule has 4 heterocycles. The average Bonchev–Trinajstić information content (AvgIpc) is 3.77. The number of esters is 1. The maximum Gasteiger partial charge on any atom is 0.343 e. The first-order valence-corrected chi connectivity index (χ1v) is 26.1. The number of aliphatic hydroxyl groups is 1. The maximum absolute atomic E-state index is 14.0. The van der Waals surface area contributed by atoms with Crippen molar-refractivity contribution in [2.45, 2.75) is 89.3 Å². The Morgan fingerprint density at radius 2 is 1.62 bits per heavy atom. The highest BCUT2D eigenvalue weighted by molar-refractivity contribution is 7.85. The minimum atomic E-state index is -4.27. The van der Waals surface area contributed by atoms with Gasteiger partial charge in [0, 0.05) is 40.9 Å². The van der Waals surface area contributed by atoms with E-state index in [1.54, 1.807) is 49.4 Å². The number of amides is 7. The van der Waals surface area contributed by atoms with Crippen molar-refractivity contribution in [2.24, 2.45) is 5.73 Å². The summed E-state index contributed by atoms with van der Waals surface area (Å²) in [7, 11) is -4.27. The van der Waals surface area contributed by atoms with E-state index in [2.05, 4.69) is 37.2 Å². The number of rotatable bonds is 23. The number of fused-ring (bicyclic) bond motifs is 5. The van der Waals surface area contributed by atoms with E-state index < -0.39 is 125 Å². The highest BCUT2D eigenvalue weighted by Crippen LogP contribution is 2.46. The van der Waals surface area contributed by atoms with Crippen molar-refractivity contribution in [3.63, 3.8) is 0 Å². The number of aromatic nitrogens is 2. The van der Waals surface area contributed by atoms with Crippen molar-refractivity contribution < 1.29 is 65.9 Å². The second-order valence-electron chi connectivity index (χ2n) is 18.4. The molecule has 0 fully saturated rings. The van der Waals surface area contributed by atoms with Crippen LogP contribution in [0.4, 0.5) is 0 Å². The number of ether oxygens (including phenoxy) is 2. The minimum absolute atomic E-state index is 0.000661. The van der Waals surface area contributed by atoms with E-state index in [0.717, 1.165) is 22.1 Å². The Bertz CT molecular complexity index is 3170. The van der Waals surface area contributed by atoms with Crippen LogP contribution in [0, 0.1) is 6.92 Å². The standard InChI is InChI=1S/C49H57ClN10O15S/c1-3-49(70)30-16-36-44-28(21-60(36)47(68)29(30)22-75-48(49)69)43-33(11-9-27-25(2)31(50)17-34(59-44)42(27)43)57-41(65)23-74-24-56-39(63)19-55-46(67)35(15-26-7-5-4-6-8-26)58-40(64)20-53-38(62)18-54-45(66)32(51)10-12-37(61)52-13-14-76(71,72)73/h4-8,16-17,32-33,35,70H,3,9-15,18-24,51H2,1-2H3,(H,52,61)(H,53,62)(H,54,66)(H,55,67)(H,56,63)(H,57,65)(H,58,64)(H,71,72,73)/t32?,33-,35?,49-/m0/s1. The number of hydrogen-bond acceptors (Lipinski definition) is 16. The zero-order chi connectivity index (χ0) is 55.1. The number of cyclic esters (lactones) is 1. The van der Waals surface area contributed by atoms with Gasteiger partial charge in [0.1, 0.15) is 26.0 Å². The van der Waals surface area contributed by atoms with Gasteiger partial charge in [-0.25, -0.2) is 9.78 Å². The van der Waals surface area contributed by atoms with Crippen molar-refractivity contribution >= 4 is 79.9 Å². The molecule has 0 radical (unpaired) electrons. The molecule has 2 aromatic heterocycles. The van der Waals surface area contributed by atoms with Gasteiger partial charge < -0.3 is 62.1 Å². The number of nitrogens with one attached hydrogen (secondary N) is 7. The fourth-order valence-corrected chi connectivity index (χ4v) is 9.81. The molecule has 7 amide bonds. The topological polar surface area (TPSA) is 375 Å². The molecule has 25 nitrogen and oxygen atoms in total. The molecular formula is C49H57ClN10O15S. The first-order valence-electron chi connectivity index (χ1n) is 24.2. The second-order valence-corrected chi connectivity index (χ2v) is 20.3. The summed E-state index contributed by atoms with van der Waals surface area (Å²) in [5.41, 5.74) is 8.91. The van der Waals surface area contributed by atoms with Crippen LogP contribution < -0.4 is 48.5 Å². The molecule has 0 bridgehead atoms. The summed E-state index contributed by atoms with van der Waals surface area (Å²) in [6.45, 7) is 0.347. The minimum Gasteiger partial charge on any atom is -0.458 e. The predicted octanol–water partition coefficient (Wildman–Crippen LogP) is -1.58. The second kappa shape index (κ2) is 24.1. The number of carbonyl (C=O) groups excluding carboxylic acids is 8. The molecule has 406 valence electrons. The molecule has 0 saturated heterocycles. The van der Waals surface area contributed by atoms with E-state index in [0.29, 0.717) is 45.9 Å². The molecule has 4 aromatic rings. The van der Waals surface area contributed by atoms with Crippen LogP contribution in [-0.2, 0) is 89.5 Å². The number of benzene rings is 2. The number of pyridine rings is 2. The molecule has 7 rings (SSSR count). The van der Waals surface area contributed by atoms with E-state index in [1.165, 1.54) is 4.57 Å². The first kappa shape index (κ1) is 56.4. The average molecular weight is 1090 g/mol. The third kappa shape index (κ3) is 13.2. The van der Waals surface area contributed by atoms with Crippen molar-refractivity contribution in [1.29, 1.82) is 0 Å². The monoisotopic (exact) mass is 1090 g/mol. The summed E-state index contributed by atoms with van der Waals surface area (Å²) in [5, 5.41) is 30.0. The number of nitrogens with two attached hydrogens (primary N) is 1. The Morgan fingerprint density at radius 3 is 2.33 bits per heavy atom. The first-order chi connectivity index (χ1) is 36.1. The molecule has 2 aromatic carbocycles. The van der Waals surface area contributed by atoms with Crippen LogP contribution in [-0.4, -0.2) is 132 Å². The van der Waals surface area contributed by atoms with Gasteiger partial charge in [0.15, 0.2) is 5.60 Å². The largest absolute Gasteiger partial charge is 0.458 e. The molecule has 76 heavy (non-hydrogen) atoms. The maximum atomic E-state index is 14.0. The van der Waals surface area contributed by atoms with Crippen LogP contribution in [0.1, 0.15) is 77.6 Å². The summed E-state index contributed by atoms with van der Waals surface area (Å²) >= 11 is 6.69. The Balaban J connectivity index is 0.890. The van der Waals surface area contributed by atoms with Crippen LogP contribution in [0.25, 0.3) is 22.3 Å². The van der Waals surface area contributed by atoms with Gasteiger partial charge in [0.2, 0.25) is 41.4 Å². The summed E-state index contributed by atoms with van der Waals surface area (Å²) in [6.07, 6.45) is 0.574. The van der Waals surface area contributed by atoms with Crippen molar-refractivity contribution in [2.75, 3.05) is 45.3 Å². The quantitative estimate of drug-likeness (QED) is 0.0153. The molecule has 0 spiro atoms. The highest BCUT2D eigenvalue weighted by atomic mass is 35.5. The third-order valence-corrected chi connectivity index (χ3v) is 14.4. The number of hydrogen-bond donors (Lipinski definition) is 10. The van der Waals surface area contributed by atoms with Crippen molar-refractivity contribution in [1.82, 2.24) is 46.8 Å². The number of carbonyl (C=O) groups is 8. The predicted molar refractivity (Wildman–Crippen MR) is 270 cm³/mol. The number of nitrogens with zero attached hydrogens (tertiary/aromatic N) is 2. The van der Waals surface area contributed by atoms with Crippen molar-refractivity contribution in [3.8, 4) is 11.4 Å².